The van der Waals surface area contributed by atoms with Gasteiger partial charge in [0.1, 0.15) is 0 Å². The third-order valence-electron chi connectivity index (χ3n) is 2.66. The van der Waals surface area contributed by atoms with Crippen LogP contribution in [0.1, 0.15) is 30.7 Å². The number of aryl methyl sites for hydroxylation is 2. The Hall–Kier alpha value is -1.68. The van der Waals surface area contributed by atoms with Crippen molar-refractivity contribution in [1.29, 1.82) is 0 Å². The second kappa shape index (κ2) is 5.31. The predicted octanol–water partition coefficient (Wildman–Crippen LogP) is 2.38. The van der Waals surface area contributed by atoms with E-state index in [9.17, 15) is 0 Å². The molecule has 0 radical (unpaired) electrons. The summed E-state index contributed by atoms with van der Waals surface area (Å²) in [6.07, 6.45) is 3.83. The number of hydrogen-bond acceptors (Lipinski definition) is 3. The Bertz CT molecular complexity index is 528. The van der Waals surface area contributed by atoms with Gasteiger partial charge in [-0.1, -0.05) is 13.8 Å². The van der Waals surface area contributed by atoms with Crippen molar-refractivity contribution in [3.63, 3.8) is 0 Å². The standard InChI is InChI=1S/C14H20N4/c1-10(2)15-8-13-5-12(4)17-14(6-13)18-9-11(3)7-16-18/h5-7,9-10,15H,8H2,1-4H3. The van der Waals surface area contributed by atoms with Gasteiger partial charge in [0.25, 0.3) is 0 Å². The average Bonchev–Trinajstić information content (AvgIpc) is 2.72. The first-order valence-corrected chi connectivity index (χ1v) is 6.27. The van der Waals surface area contributed by atoms with Gasteiger partial charge in [-0.25, -0.2) is 9.67 Å². The van der Waals surface area contributed by atoms with Crippen molar-refractivity contribution < 1.29 is 0 Å². The fraction of sp³-hybridized carbons (Fsp3) is 0.429. The summed E-state index contributed by atoms with van der Waals surface area (Å²) >= 11 is 0. The average molecular weight is 244 g/mol. The van der Waals surface area contributed by atoms with E-state index in [2.05, 4.69) is 41.4 Å². The van der Waals surface area contributed by atoms with Gasteiger partial charge in [-0.05, 0) is 37.1 Å². The van der Waals surface area contributed by atoms with Crippen LogP contribution in [0.25, 0.3) is 5.82 Å². The van der Waals surface area contributed by atoms with E-state index in [0.717, 1.165) is 23.6 Å². The lowest BCUT2D eigenvalue weighted by molar-refractivity contribution is 0.588. The molecule has 0 aliphatic carbocycles. The van der Waals surface area contributed by atoms with Gasteiger partial charge >= 0.3 is 0 Å². The Kier molecular flexibility index (Phi) is 3.77. The van der Waals surface area contributed by atoms with E-state index >= 15 is 0 Å². The lowest BCUT2D eigenvalue weighted by atomic mass is 10.2. The fourth-order valence-electron chi connectivity index (χ4n) is 1.80. The highest BCUT2D eigenvalue weighted by Crippen LogP contribution is 2.10. The van der Waals surface area contributed by atoms with Gasteiger partial charge in [-0.2, -0.15) is 5.10 Å². The van der Waals surface area contributed by atoms with E-state index < -0.39 is 0 Å². The first-order valence-electron chi connectivity index (χ1n) is 6.27. The third-order valence-corrected chi connectivity index (χ3v) is 2.66. The molecule has 0 fully saturated rings. The largest absolute Gasteiger partial charge is 0.310 e. The number of rotatable bonds is 4. The van der Waals surface area contributed by atoms with Crippen LogP contribution in [0, 0.1) is 13.8 Å². The van der Waals surface area contributed by atoms with Crippen LogP contribution in [0.5, 0.6) is 0 Å². The molecular weight excluding hydrogens is 224 g/mol. The molecule has 0 saturated heterocycles. The van der Waals surface area contributed by atoms with Gasteiger partial charge in [0, 0.05) is 24.5 Å². The Morgan fingerprint density at radius 2 is 2.06 bits per heavy atom. The predicted molar refractivity (Wildman–Crippen MR) is 72.8 cm³/mol. The molecule has 0 aliphatic heterocycles. The molecule has 1 N–H and O–H groups in total. The minimum Gasteiger partial charge on any atom is -0.310 e. The summed E-state index contributed by atoms with van der Waals surface area (Å²) in [7, 11) is 0. The second-order valence-electron chi connectivity index (χ2n) is 4.97. The highest BCUT2D eigenvalue weighted by atomic mass is 15.3. The molecule has 0 unspecified atom stereocenters. The minimum absolute atomic E-state index is 0.480. The van der Waals surface area contributed by atoms with E-state index in [1.54, 1.807) is 0 Å². The first kappa shape index (κ1) is 12.8. The molecule has 0 aliphatic rings. The Labute approximate surface area is 108 Å². The van der Waals surface area contributed by atoms with Crippen LogP contribution >= 0.6 is 0 Å². The van der Waals surface area contributed by atoms with E-state index in [4.69, 9.17) is 0 Å². The SMILES string of the molecule is Cc1cnn(-c2cc(CNC(C)C)cc(C)n2)c1. The van der Waals surface area contributed by atoms with Crippen molar-refractivity contribution in [2.75, 3.05) is 0 Å². The molecule has 0 amide bonds. The Morgan fingerprint density at radius 3 is 2.67 bits per heavy atom. The van der Waals surface area contributed by atoms with E-state index in [1.807, 2.05) is 30.9 Å². The van der Waals surface area contributed by atoms with Crippen LogP contribution in [0.3, 0.4) is 0 Å². The van der Waals surface area contributed by atoms with Crippen molar-refractivity contribution in [3.05, 3.63) is 41.3 Å². The highest BCUT2D eigenvalue weighted by molar-refractivity contribution is 5.30. The van der Waals surface area contributed by atoms with Crippen LogP contribution in [0.4, 0.5) is 0 Å². The van der Waals surface area contributed by atoms with Gasteiger partial charge < -0.3 is 5.32 Å². The van der Waals surface area contributed by atoms with Crippen LogP contribution < -0.4 is 5.32 Å². The number of aromatic nitrogens is 3. The third kappa shape index (κ3) is 3.17. The molecule has 2 rings (SSSR count). The lowest BCUT2D eigenvalue weighted by Gasteiger charge is -2.10. The molecule has 18 heavy (non-hydrogen) atoms. The number of pyridine rings is 1. The molecule has 0 bridgehead atoms. The van der Waals surface area contributed by atoms with Crippen molar-refractivity contribution in [3.8, 4) is 5.82 Å². The molecule has 4 heteroatoms. The van der Waals surface area contributed by atoms with Crippen LogP contribution in [-0.2, 0) is 6.54 Å². The van der Waals surface area contributed by atoms with Crippen molar-refractivity contribution in [2.24, 2.45) is 0 Å². The Morgan fingerprint density at radius 1 is 1.28 bits per heavy atom. The molecule has 4 nitrogen and oxygen atoms in total. The van der Waals surface area contributed by atoms with Crippen LogP contribution in [0.2, 0.25) is 0 Å². The zero-order valence-corrected chi connectivity index (χ0v) is 11.4. The van der Waals surface area contributed by atoms with Gasteiger partial charge in [0.15, 0.2) is 5.82 Å². The summed E-state index contributed by atoms with van der Waals surface area (Å²) in [6, 6.07) is 4.67. The highest BCUT2D eigenvalue weighted by Gasteiger charge is 2.04. The molecular formula is C14H20N4. The van der Waals surface area contributed by atoms with Crippen molar-refractivity contribution in [2.45, 2.75) is 40.3 Å². The lowest BCUT2D eigenvalue weighted by Crippen LogP contribution is -2.22. The number of nitrogens with zero attached hydrogens (tertiary/aromatic N) is 3. The minimum atomic E-state index is 0.480. The number of hydrogen-bond donors (Lipinski definition) is 1. The quantitative estimate of drug-likeness (QED) is 0.898. The summed E-state index contributed by atoms with van der Waals surface area (Å²) in [4.78, 5) is 4.52. The molecule has 0 spiro atoms. The summed E-state index contributed by atoms with van der Waals surface area (Å²) in [5.41, 5.74) is 3.39. The maximum absolute atomic E-state index is 4.52. The fourth-order valence-corrected chi connectivity index (χ4v) is 1.80. The van der Waals surface area contributed by atoms with Gasteiger partial charge in [-0.15, -0.1) is 0 Å². The molecule has 2 heterocycles. The van der Waals surface area contributed by atoms with E-state index in [0.29, 0.717) is 6.04 Å². The van der Waals surface area contributed by atoms with Crippen molar-refractivity contribution >= 4 is 0 Å². The van der Waals surface area contributed by atoms with E-state index in [1.165, 1.54) is 5.56 Å². The molecule has 2 aromatic rings. The van der Waals surface area contributed by atoms with Crippen molar-refractivity contribution in [1.82, 2.24) is 20.1 Å². The second-order valence-corrected chi connectivity index (χ2v) is 4.97. The molecule has 0 atom stereocenters. The summed E-state index contributed by atoms with van der Waals surface area (Å²) in [5, 5.41) is 7.71. The summed E-state index contributed by atoms with van der Waals surface area (Å²) in [5.74, 6) is 0.878. The summed E-state index contributed by atoms with van der Waals surface area (Å²) in [6.45, 7) is 9.19. The maximum Gasteiger partial charge on any atom is 0.153 e. The molecule has 0 aromatic carbocycles. The van der Waals surface area contributed by atoms with E-state index in [-0.39, 0.29) is 0 Å². The Balaban J connectivity index is 2.26. The monoisotopic (exact) mass is 244 g/mol. The zero-order valence-electron chi connectivity index (χ0n) is 11.4. The first-order chi connectivity index (χ1) is 8.54. The molecule has 2 aromatic heterocycles. The van der Waals surface area contributed by atoms with Gasteiger partial charge in [0.2, 0.25) is 0 Å². The molecule has 96 valence electrons. The van der Waals surface area contributed by atoms with Crippen LogP contribution in [-0.4, -0.2) is 20.8 Å². The van der Waals surface area contributed by atoms with Gasteiger partial charge in [0.05, 0.1) is 6.20 Å². The normalized spacial score (nSPS) is 11.2. The van der Waals surface area contributed by atoms with Crippen LogP contribution in [0.15, 0.2) is 24.5 Å². The molecule has 0 saturated carbocycles. The topological polar surface area (TPSA) is 42.7 Å². The summed E-state index contributed by atoms with van der Waals surface area (Å²) < 4.78 is 1.82. The number of nitrogens with one attached hydrogen (secondary N) is 1. The zero-order chi connectivity index (χ0) is 13.1. The maximum atomic E-state index is 4.52. The van der Waals surface area contributed by atoms with Gasteiger partial charge in [-0.3, -0.25) is 0 Å². The smallest absolute Gasteiger partial charge is 0.153 e.